The van der Waals surface area contributed by atoms with E-state index in [1.54, 1.807) is 0 Å². The summed E-state index contributed by atoms with van der Waals surface area (Å²) in [5, 5.41) is 15.1. The van der Waals surface area contributed by atoms with Crippen molar-refractivity contribution in [2.24, 2.45) is 0 Å². The molecule has 2 N–H and O–H groups in total. The first-order valence-corrected chi connectivity index (χ1v) is 7.56. The van der Waals surface area contributed by atoms with Crippen molar-refractivity contribution >= 4 is 0 Å². The van der Waals surface area contributed by atoms with Crippen LogP contribution in [0.4, 0.5) is 61.5 Å². The average molecular weight is 635 g/mol. The fraction of sp³-hybridized carbons (Fsp3) is 1.00. The molecule has 2 saturated heterocycles. The van der Waals surface area contributed by atoms with E-state index in [-0.39, 0.29) is 19.5 Å². The van der Waals surface area contributed by atoms with Crippen LogP contribution in [0, 0.1) is 0 Å². The zero-order valence-corrected chi connectivity index (χ0v) is 17.4. The van der Waals surface area contributed by atoms with Crippen molar-refractivity contribution < 1.29 is 115 Å². The standard InChI is InChI=1S/C11H6F14O6.CH4O.Rh/c1-4(12,13)2-27-8(18,19)6(16,9(20,21)28-2)31-7(17)10(22,23)29-3(5(14,15)26)30-11(7,24)25;1-2;/h2-3,26H,1H3;2H,1H3;. The second-order valence-corrected chi connectivity index (χ2v) is 6.04. The molecule has 2 heterocycles. The molecule has 2 aliphatic rings. The minimum Gasteiger partial charge on any atom is -0.400 e. The number of ether oxygens (including phenoxy) is 5. The van der Waals surface area contributed by atoms with Crippen molar-refractivity contribution in [3.05, 3.63) is 0 Å². The van der Waals surface area contributed by atoms with E-state index in [9.17, 15) is 61.5 Å². The van der Waals surface area contributed by atoms with Crippen LogP contribution in [0.5, 0.6) is 0 Å². The number of aliphatic hydroxyl groups excluding tert-OH is 1. The van der Waals surface area contributed by atoms with Gasteiger partial charge in [0.25, 0.3) is 12.2 Å². The van der Waals surface area contributed by atoms with Gasteiger partial charge in [-0.25, -0.2) is 8.78 Å². The van der Waals surface area contributed by atoms with Gasteiger partial charge in [-0.05, 0) is 0 Å². The van der Waals surface area contributed by atoms with Crippen molar-refractivity contribution in [1.82, 2.24) is 0 Å². The largest absolute Gasteiger partial charge is 0.426 e. The van der Waals surface area contributed by atoms with Gasteiger partial charge in [0.15, 0.2) is 0 Å². The van der Waals surface area contributed by atoms with Gasteiger partial charge in [-0.15, -0.1) is 0 Å². The summed E-state index contributed by atoms with van der Waals surface area (Å²) in [6.45, 7) is -0.396. The minimum atomic E-state index is -6.92. The maximum Gasteiger partial charge on any atom is 0.426 e. The van der Waals surface area contributed by atoms with Gasteiger partial charge >= 0.3 is 42.3 Å². The molecule has 0 spiro atoms. The van der Waals surface area contributed by atoms with Crippen LogP contribution in [-0.4, -0.2) is 78.1 Å². The van der Waals surface area contributed by atoms with Crippen molar-refractivity contribution in [1.29, 1.82) is 0 Å². The van der Waals surface area contributed by atoms with Gasteiger partial charge in [0.2, 0.25) is 6.29 Å². The third-order valence-corrected chi connectivity index (χ3v) is 3.50. The van der Waals surface area contributed by atoms with Gasteiger partial charge < -0.3 is 10.2 Å². The van der Waals surface area contributed by atoms with Crippen LogP contribution in [0.3, 0.4) is 0 Å². The summed E-state index contributed by atoms with van der Waals surface area (Å²) in [6.07, 6.45) is -41.0. The van der Waals surface area contributed by atoms with Crippen molar-refractivity contribution in [3.63, 3.8) is 0 Å². The molecule has 34 heavy (non-hydrogen) atoms. The molecule has 2 rings (SSSR count). The molecule has 0 aromatic carbocycles. The summed E-state index contributed by atoms with van der Waals surface area (Å²) in [5.74, 6) is -18.6. The maximum atomic E-state index is 14.3. The van der Waals surface area contributed by atoms with E-state index in [1.807, 2.05) is 0 Å². The summed E-state index contributed by atoms with van der Waals surface area (Å²) in [6, 6.07) is 0. The second kappa shape index (κ2) is 9.35. The molecule has 22 heteroatoms. The minimum absolute atomic E-state index is 0. The van der Waals surface area contributed by atoms with E-state index in [2.05, 4.69) is 23.7 Å². The first-order valence-electron chi connectivity index (χ1n) is 7.56. The fourth-order valence-electron chi connectivity index (χ4n) is 2.01. The molecule has 0 aromatic rings. The van der Waals surface area contributed by atoms with Gasteiger partial charge in [-0.2, -0.15) is 52.7 Å². The van der Waals surface area contributed by atoms with Gasteiger partial charge in [-0.1, -0.05) is 0 Å². The average Bonchev–Trinajstić information content (AvgIpc) is 2.57. The Labute approximate surface area is 190 Å². The zero-order valence-electron chi connectivity index (χ0n) is 15.7. The summed E-state index contributed by atoms with van der Waals surface area (Å²) < 4.78 is 202. The van der Waals surface area contributed by atoms with Crippen LogP contribution in [-0.2, 0) is 43.2 Å². The van der Waals surface area contributed by atoms with Crippen LogP contribution < -0.4 is 0 Å². The molecule has 0 amide bonds. The van der Waals surface area contributed by atoms with Crippen LogP contribution >= 0.6 is 0 Å². The van der Waals surface area contributed by atoms with E-state index in [0.29, 0.717) is 0 Å². The van der Waals surface area contributed by atoms with Gasteiger partial charge in [0.05, 0.1) is 0 Å². The van der Waals surface area contributed by atoms with Crippen LogP contribution in [0.15, 0.2) is 0 Å². The molecule has 1 radical (unpaired) electrons. The molecule has 0 saturated carbocycles. The summed E-state index contributed by atoms with van der Waals surface area (Å²) in [5.41, 5.74) is 0. The smallest absolute Gasteiger partial charge is 0.400 e. The topological polar surface area (TPSA) is 86.6 Å². The predicted molar refractivity (Wildman–Crippen MR) is 66.4 cm³/mol. The normalized spacial score (nSPS) is 36.5. The molecule has 0 aliphatic carbocycles. The summed E-state index contributed by atoms with van der Waals surface area (Å²) in [7, 11) is 1.00. The van der Waals surface area contributed by atoms with E-state index in [4.69, 9.17) is 10.2 Å². The first-order chi connectivity index (χ1) is 14.3. The van der Waals surface area contributed by atoms with Crippen LogP contribution in [0.25, 0.3) is 0 Å². The monoisotopic (exact) mass is 635 g/mol. The fourth-order valence-corrected chi connectivity index (χ4v) is 2.01. The third-order valence-electron chi connectivity index (χ3n) is 3.50. The SMILES string of the molecule is CC(F)(F)C1OC(F)(F)C(F)(OC2(F)C(F)(F)OC(C(O)(F)F)OC2(F)F)C(F)(F)O1.CO.[Rh]. The Kier molecular flexibility index (Phi) is 9.17. The Bertz CT molecular complexity index is 618. The molecular weight excluding hydrogens is 625 g/mol. The van der Waals surface area contributed by atoms with E-state index >= 15 is 0 Å². The maximum absolute atomic E-state index is 14.3. The Morgan fingerprint density at radius 2 is 0.853 bits per heavy atom. The predicted octanol–water partition coefficient (Wildman–Crippen LogP) is 3.30. The quantitative estimate of drug-likeness (QED) is 0.363. The molecule has 0 unspecified atom stereocenters. The number of hydrogen-bond donors (Lipinski definition) is 2. The van der Waals surface area contributed by atoms with Crippen molar-refractivity contribution in [2.75, 3.05) is 7.11 Å². The number of aliphatic hydroxyl groups is 2. The molecule has 2 aliphatic heterocycles. The van der Waals surface area contributed by atoms with E-state index in [0.717, 1.165) is 7.11 Å². The van der Waals surface area contributed by atoms with Crippen LogP contribution in [0.1, 0.15) is 6.92 Å². The number of halogens is 14. The van der Waals surface area contributed by atoms with Gasteiger partial charge in [0, 0.05) is 33.5 Å². The molecule has 207 valence electrons. The van der Waals surface area contributed by atoms with Crippen LogP contribution in [0.2, 0.25) is 0 Å². The second-order valence-electron chi connectivity index (χ2n) is 6.04. The first kappa shape index (κ1) is 33.4. The molecule has 0 atom stereocenters. The molecule has 0 bridgehead atoms. The van der Waals surface area contributed by atoms with Gasteiger partial charge in [0.1, 0.15) is 0 Å². The third kappa shape index (κ3) is 5.37. The number of hydrogen-bond acceptors (Lipinski definition) is 7. The Hall–Kier alpha value is -0.637. The Balaban J connectivity index is 0.00000353. The number of rotatable bonds is 4. The van der Waals surface area contributed by atoms with Gasteiger partial charge in [-0.3, -0.25) is 23.7 Å². The van der Waals surface area contributed by atoms with E-state index < -0.39 is 67.7 Å². The molecule has 0 aromatic heterocycles. The Morgan fingerprint density at radius 3 is 1.06 bits per heavy atom. The van der Waals surface area contributed by atoms with Crippen molar-refractivity contribution in [2.45, 2.75) is 67.7 Å². The summed E-state index contributed by atoms with van der Waals surface area (Å²) >= 11 is 0. The van der Waals surface area contributed by atoms with Crippen molar-refractivity contribution in [3.8, 4) is 0 Å². The molecule has 7 nitrogen and oxygen atoms in total. The molecule has 2 fully saturated rings. The molecular formula is C12H10F14O7Rh. The zero-order chi connectivity index (χ0) is 26.7. The Morgan fingerprint density at radius 1 is 0.618 bits per heavy atom. The summed E-state index contributed by atoms with van der Waals surface area (Å²) in [4.78, 5) is 0. The number of alkyl halides is 14. The van der Waals surface area contributed by atoms with E-state index in [1.165, 1.54) is 0 Å².